The molecule has 5 rings (SSSR count). The van der Waals surface area contributed by atoms with E-state index in [1.807, 2.05) is 26.0 Å². The summed E-state index contributed by atoms with van der Waals surface area (Å²) in [5, 5.41) is 9.84. The van der Waals surface area contributed by atoms with E-state index in [9.17, 15) is 14.9 Å². The normalized spacial score (nSPS) is 45.0. The average Bonchev–Trinajstić information content (AvgIpc) is 2.77. The number of fused-ring (bicyclic) bond motifs is 7. The summed E-state index contributed by atoms with van der Waals surface area (Å²) in [6, 6.07) is 2.19. The van der Waals surface area contributed by atoms with Gasteiger partial charge in [-0.1, -0.05) is 97.1 Å². The van der Waals surface area contributed by atoms with Crippen LogP contribution >= 0.6 is 0 Å². The molecular formula is C31H43LiN2O2. The first-order valence-corrected chi connectivity index (χ1v) is 13.6. The van der Waals surface area contributed by atoms with Crippen LogP contribution in [0.2, 0.25) is 0 Å². The molecule has 0 aromatic heterocycles. The first kappa shape index (κ1) is 27.9. The molecular weight excluding hydrogens is 439 g/mol. The van der Waals surface area contributed by atoms with E-state index in [1.165, 1.54) is 5.92 Å². The number of ketones is 2. The number of nitrogens with two attached hydrogens (primary N) is 1. The Kier molecular flexibility index (Phi) is 6.34. The van der Waals surface area contributed by atoms with Crippen molar-refractivity contribution in [2.75, 3.05) is 6.54 Å². The molecule has 0 aromatic rings. The number of rotatable bonds is 1. The van der Waals surface area contributed by atoms with Gasteiger partial charge in [-0.25, -0.2) is 0 Å². The van der Waals surface area contributed by atoms with Gasteiger partial charge in [0.1, 0.15) is 11.9 Å². The third-order valence-corrected chi connectivity index (χ3v) is 12.1. The molecule has 0 saturated heterocycles. The summed E-state index contributed by atoms with van der Waals surface area (Å²) in [6.07, 6.45) is 11.1. The summed E-state index contributed by atoms with van der Waals surface area (Å²) >= 11 is 0. The zero-order valence-electron chi connectivity index (χ0n) is 23.8. The van der Waals surface area contributed by atoms with Gasteiger partial charge in [0.25, 0.3) is 0 Å². The Balaban J connectivity index is 0.00000304. The van der Waals surface area contributed by atoms with Gasteiger partial charge in [-0.15, -0.1) is 5.41 Å². The van der Waals surface area contributed by atoms with Crippen molar-refractivity contribution in [3.05, 3.63) is 29.2 Å². The van der Waals surface area contributed by atoms with Gasteiger partial charge in [0.05, 0.1) is 5.57 Å². The van der Waals surface area contributed by atoms with Crippen molar-refractivity contribution >= 4 is 11.6 Å². The number of hydrogen-bond donors (Lipinski definition) is 1. The fraction of sp³-hybridized carbons (Fsp3) is 0.742. The number of carbonyl (C=O) groups excluding carboxylic acids is 2. The van der Waals surface area contributed by atoms with E-state index in [0.29, 0.717) is 6.54 Å². The second-order valence-electron chi connectivity index (χ2n) is 14.6. The van der Waals surface area contributed by atoms with Crippen LogP contribution in [0.1, 0.15) is 93.4 Å². The quantitative estimate of drug-likeness (QED) is 0.460. The molecule has 3 saturated carbocycles. The summed E-state index contributed by atoms with van der Waals surface area (Å²) in [4.78, 5) is 27.4. The second kappa shape index (κ2) is 8.18. The van der Waals surface area contributed by atoms with Crippen molar-refractivity contribution in [2.24, 2.45) is 50.1 Å². The van der Waals surface area contributed by atoms with Crippen LogP contribution in [0.5, 0.6) is 0 Å². The molecule has 0 bridgehead atoms. The van der Waals surface area contributed by atoms with E-state index in [0.717, 1.165) is 50.5 Å². The van der Waals surface area contributed by atoms with Crippen molar-refractivity contribution in [2.45, 2.75) is 93.4 Å². The van der Waals surface area contributed by atoms with Gasteiger partial charge in [-0.3, -0.25) is 15.5 Å². The minimum absolute atomic E-state index is 0. The van der Waals surface area contributed by atoms with Crippen molar-refractivity contribution in [3.63, 3.8) is 0 Å². The topological polar surface area (TPSA) is 83.9 Å². The molecule has 0 aliphatic heterocycles. The fourth-order valence-electron chi connectivity index (χ4n) is 9.69. The molecule has 0 aromatic carbocycles. The smallest absolute Gasteiger partial charge is 0.332 e. The molecule has 0 spiro atoms. The van der Waals surface area contributed by atoms with Crippen LogP contribution in [0, 0.1) is 61.6 Å². The molecule has 2 N–H and O–H groups in total. The van der Waals surface area contributed by atoms with Crippen molar-refractivity contribution in [1.82, 2.24) is 0 Å². The second-order valence-corrected chi connectivity index (χ2v) is 14.6. The number of Topliss-reactive ketones (excluding diaryl/α,β-unsaturated/α-hetero) is 1. The van der Waals surface area contributed by atoms with E-state index < -0.39 is 10.8 Å². The zero-order chi connectivity index (χ0) is 25.8. The van der Waals surface area contributed by atoms with Crippen LogP contribution in [0.4, 0.5) is 0 Å². The van der Waals surface area contributed by atoms with Crippen molar-refractivity contribution < 1.29 is 28.4 Å². The summed E-state index contributed by atoms with van der Waals surface area (Å²) < 4.78 is 0. The van der Waals surface area contributed by atoms with Gasteiger partial charge < -0.3 is 5.73 Å². The van der Waals surface area contributed by atoms with Crippen LogP contribution in [-0.2, 0) is 9.59 Å². The maximum Gasteiger partial charge on any atom is 1.00 e. The SMILES string of the molecule is CC1(C)CC[C@]2(CN)CC[C@]3(C)[C@H](C(=O)C=C4[C@@]5(C)C=C(C#N)C(=O)C(C)(C)C5CC[C@]43C)[C-]2C1.[Li+]. The van der Waals surface area contributed by atoms with Gasteiger partial charge in [0.15, 0.2) is 5.78 Å². The average molecular weight is 483 g/mol. The molecule has 6 atom stereocenters. The predicted molar refractivity (Wildman–Crippen MR) is 138 cm³/mol. The van der Waals surface area contributed by atoms with Crippen molar-refractivity contribution in [1.29, 1.82) is 5.26 Å². The maximum absolute atomic E-state index is 14.3. The Morgan fingerprint density at radius 3 is 2.28 bits per heavy atom. The minimum Gasteiger partial charge on any atom is -0.332 e. The molecule has 5 heteroatoms. The first-order chi connectivity index (χ1) is 16.1. The number of nitrogens with zero attached hydrogens (tertiary/aromatic N) is 1. The molecule has 0 radical (unpaired) electrons. The van der Waals surface area contributed by atoms with Gasteiger partial charge >= 0.3 is 18.9 Å². The van der Waals surface area contributed by atoms with Gasteiger partial charge in [0.2, 0.25) is 0 Å². The minimum atomic E-state index is -0.624. The Morgan fingerprint density at radius 2 is 1.67 bits per heavy atom. The molecule has 1 unspecified atom stereocenters. The van der Waals surface area contributed by atoms with Crippen LogP contribution in [0.3, 0.4) is 0 Å². The molecule has 0 amide bonds. The number of allylic oxidation sites excluding steroid dienone is 4. The van der Waals surface area contributed by atoms with E-state index in [4.69, 9.17) is 5.73 Å². The van der Waals surface area contributed by atoms with E-state index in [1.54, 1.807) is 0 Å². The van der Waals surface area contributed by atoms with Crippen LogP contribution in [0.15, 0.2) is 23.3 Å². The van der Waals surface area contributed by atoms with Gasteiger partial charge in [-0.05, 0) is 42.2 Å². The molecule has 36 heavy (non-hydrogen) atoms. The predicted octanol–water partition coefficient (Wildman–Crippen LogP) is 3.13. The van der Waals surface area contributed by atoms with E-state index >= 15 is 0 Å². The Bertz CT molecular complexity index is 1110. The number of hydrogen-bond acceptors (Lipinski definition) is 4. The molecule has 0 heterocycles. The molecule has 4 nitrogen and oxygen atoms in total. The number of carbonyl (C=O) groups is 2. The third kappa shape index (κ3) is 3.28. The Labute approximate surface area is 230 Å². The number of nitriles is 1. The largest absolute Gasteiger partial charge is 1.00 e. The van der Waals surface area contributed by atoms with Crippen LogP contribution in [-0.4, -0.2) is 18.1 Å². The van der Waals surface area contributed by atoms with E-state index in [2.05, 4.69) is 40.7 Å². The Morgan fingerprint density at radius 1 is 1.03 bits per heavy atom. The van der Waals surface area contributed by atoms with Crippen LogP contribution in [0.25, 0.3) is 0 Å². The summed E-state index contributed by atoms with van der Waals surface area (Å²) in [5.74, 6) is 1.59. The monoisotopic (exact) mass is 482 g/mol. The molecule has 5 aliphatic rings. The zero-order valence-corrected chi connectivity index (χ0v) is 23.8. The third-order valence-electron chi connectivity index (χ3n) is 12.1. The van der Waals surface area contributed by atoms with Gasteiger partial charge in [0, 0.05) is 10.8 Å². The summed E-state index contributed by atoms with van der Waals surface area (Å²) in [6.45, 7) is 16.2. The Hall–Kier alpha value is -1.13. The molecule has 3 fully saturated rings. The summed E-state index contributed by atoms with van der Waals surface area (Å²) in [7, 11) is 0. The fourth-order valence-corrected chi connectivity index (χ4v) is 9.69. The molecule has 5 aliphatic carbocycles. The van der Waals surface area contributed by atoms with Crippen molar-refractivity contribution in [3.8, 4) is 6.07 Å². The summed E-state index contributed by atoms with van der Waals surface area (Å²) in [5.41, 5.74) is 6.63. The van der Waals surface area contributed by atoms with Gasteiger partial charge in [-0.2, -0.15) is 11.7 Å². The maximum atomic E-state index is 14.3. The first-order valence-electron chi connectivity index (χ1n) is 13.6. The molecule has 190 valence electrons. The standard InChI is InChI=1S/C31H43N2O2.Li/c1-26(2)10-12-31(18-33)13-11-30(7)24(20(31)16-26)21(34)14-23-28(5)15-19(17-32)25(35)27(3,4)22(28)8-9-29(23,30)6;/h14-15,22,24H,8-13,16,18,33H2,1-7H3;/q-1;+1/t22?,24-,28-,29+,30+,31+;/m0./s1. The van der Waals surface area contributed by atoms with Crippen LogP contribution < -0.4 is 24.6 Å². The van der Waals surface area contributed by atoms with E-state index in [-0.39, 0.29) is 69.5 Å².